The molecule has 1 aliphatic rings. The predicted molar refractivity (Wildman–Crippen MR) is 73.6 cm³/mol. The van der Waals surface area contributed by atoms with Crippen LogP contribution in [0.2, 0.25) is 0 Å². The van der Waals surface area contributed by atoms with Gasteiger partial charge in [0.15, 0.2) is 9.84 Å². The number of hydrogen-bond acceptors (Lipinski definition) is 4. The predicted octanol–water partition coefficient (Wildman–Crippen LogP) is 1.45. The lowest BCUT2D eigenvalue weighted by molar-refractivity contribution is 0.399. The second kappa shape index (κ2) is 5.28. The Hall–Kier alpha value is -1.07. The molecular formula is C13H20N2O2S. The van der Waals surface area contributed by atoms with Crippen molar-refractivity contribution < 1.29 is 8.42 Å². The number of anilines is 1. The van der Waals surface area contributed by atoms with Crippen molar-refractivity contribution in [1.29, 1.82) is 0 Å². The summed E-state index contributed by atoms with van der Waals surface area (Å²) < 4.78 is 22.6. The molecule has 0 bridgehead atoms. The molecule has 1 aliphatic heterocycles. The topological polar surface area (TPSA) is 49.4 Å². The van der Waals surface area contributed by atoms with Crippen LogP contribution >= 0.6 is 0 Å². The third-order valence-corrected chi connectivity index (χ3v) is 4.49. The van der Waals surface area contributed by atoms with Gasteiger partial charge in [-0.15, -0.1) is 0 Å². The van der Waals surface area contributed by atoms with Crippen LogP contribution in [0.4, 0.5) is 5.69 Å². The lowest BCUT2D eigenvalue weighted by Gasteiger charge is -2.12. The number of likely N-dealkylation sites (tertiary alicyclic amines) is 1. The van der Waals surface area contributed by atoms with E-state index in [4.69, 9.17) is 0 Å². The van der Waals surface area contributed by atoms with E-state index in [1.807, 2.05) is 12.1 Å². The molecule has 1 fully saturated rings. The monoisotopic (exact) mass is 268 g/mol. The molecule has 0 spiro atoms. The number of benzene rings is 1. The van der Waals surface area contributed by atoms with Gasteiger partial charge in [0.2, 0.25) is 0 Å². The zero-order valence-corrected chi connectivity index (χ0v) is 11.7. The van der Waals surface area contributed by atoms with Crippen molar-refractivity contribution in [3.05, 3.63) is 24.3 Å². The fraction of sp³-hybridized carbons (Fsp3) is 0.538. The van der Waals surface area contributed by atoms with Crippen molar-refractivity contribution in [2.24, 2.45) is 5.92 Å². The number of nitrogens with zero attached hydrogens (tertiary/aromatic N) is 1. The Bertz CT molecular complexity index is 496. The van der Waals surface area contributed by atoms with Gasteiger partial charge in [0.1, 0.15) is 0 Å². The maximum atomic E-state index is 11.3. The maximum absolute atomic E-state index is 11.3. The zero-order chi connectivity index (χ0) is 13.2. The summed E-state index contributed by atoms with van der Waals surface area (Å²) in [6.45, 7) is 3.25. The van der Waals surface area contributed by atoms with Crippen molar-refractivity contribution in [2.45, 2.75) is 11.3 Å². The first-order chi connectivity index (χ1) is 8.45. The molecule has 0 saturated carbocycles. The highest BCUT2D eigenvalue weighted by molar-refractivity contribution is 7.90. The molecule has 4 nitrogen and oxygen atoms in total. The van der Waals surface area contributed by atoms with Crippen molar-refractivity contribution in [2.75, 3.05) is 38.3 Å². The molecule has 1 saturated heterocycles. The van der Waals surface area contributed by atoms with E-state index in [1.165, 1.54) is 19.2 Å². The van der Waals surface area contributed by atoms with E-state index in [1.54, 1.807) is 12.1 Å². The Labute approximate surface area is 109 Å². The van der Waals surface area contributed by atoms with Crippen molar-refractivity contribution in [3.8, 4) is 0 Å². The van der Waals surface area contributed by atoms with Gasteiger partial charge < -0.3 is 10.2 Å². The molecule has 1 heterocycles. The summed E-state index contributed by atoms with van der Waals surface area (Å²) in [6, 6.07) is 6.96. The Morgan fingerprint density at radius 2 is 2.00 bits per heavy atom. The Morgan fingerprint density at radius 1 is 1.33 bits per heavy atom. The van der Waals surface area contributed by atoms with Crippen LogP contribution in [0.15, 0.2) is 29.2 Å². The number of nitrogens with one attached hydrogen (secondary N) is 1. The van der Waals surface area contributed by atoms with Crippen LogP contribution in [0.1, 0.15) is 6.42 Å². The van der Waals surface area contributed by atoms with Gasteiger partial charge in [-0.25, -0.2) is 8.42 Å². The van der Waals surface area contributed by atoms with Crippen LogP contribution in [0.25, 0.3) is 0 Å². The van der Waals surface area contributed by atoms with E-state index in [9.17, 15) is 8.42 Å². The van der Waals surface area contributed by atoms with Crippen LogP contribution < -0.4 is 5.32 Å². The Kier molecular flexibility index (Phi) is 3.92. The average Bonchev–Trinajstić information content (AvgIpc) is 2.72. The summed E-state index contributed by atoms with van der Waals surface area (Å²) in [5, 5.41) is 3.36. The first kappa shape index (κ1) is 13.4. The van der Waals surface area contributed by atoms with E-state index >= 15 is 0 Å². The molecule has 0 amide bonds. The van der Waals surface area contributed by atoms with E-state index in [2.05, 4.69) is 17.3 Å². The minimum atomic E-state index is -3.09. The van der Waals surface area contributed by atoms with Gasteiger partial charge >= 0.3 is 0 Å². The molecule has 0 aromatic heterocycles. The van der Waals surface area contributed by atoms with Crippen LogP contribution in [-0.4, -0.2) is 46.3 Å². The summed E-state index contributed by atoms with van der Waals surface area (Å²) in [6.07, 6.45) is 2.45. The van der Waals surface area contributed by atoms with E-state index in [0.717, 1.165) is 18.8 Å². The fourth-order valence-electron chi connectivity index (χ4n) is 2.28. The molecule has 18 heavy (non-hydrogen) atoms. The number of sulfone groups is 1. The normalized spacial score (nSPS) is 21.1. The van der Waals surface area contributed by atoms with Crippen molar-refractivity contribution >= 4 is 15.5 Å². The Morgan fingerprint density at radius 3 is 2.50 bits per heavy atom. The standard InChI is InChI=1S/C13H20N2O2S/c1-15-8-7-11(10-15)9-14-12-3-5-13(6-4-12)18(2,16)17/h3-6,11,14H,7-10H2,1-2H3. The lowest BCUT2D eigenvalue weighted by atomic mass is 10.1. The van der Waals surface area contributed by atoms with Gasteiger partial charge in [-0.2, -0.15) is 0 Å². The van der Waals surface area contributed by atoms with E-state index in [0.29, 0.717) is 10.8 Å². The smallest absolute Gasteiger partial charge is 0.175 e. The summed E-state index contributed by atoms with van der Waals surface area (Å²) in [5.41, 5.74) is 0.983. The van der Waals surface area contributed by atoms with Crippen molar-refractivity contribution in [3.63, 3.8) is 0 Å². The van der Waals surface area contributed by atoms with Crippen molar-refractivity contribution in [1.82, 2.24) is 4.90 Å². The summed E-state index contributed by atoms with van der Waals surface area (Å²) in [5.74, 6) is 0.685. The van der Waals surface area contributed by atoms with Gasteiger partial charge in [0.05, 0.1) is 4.90 Å². The molecule has 1 atom stereocenters. The molecule has 1 N–H and O–H groups in total. The fourth-order valence-corrected chi connectivity index (χ4v) is 2.91. The molecule has 5 heteroatoms. The molecule has 1 unspecified atom stereocenters. The molecule has 0 aliphatic carbocycles. The molecule has 2 rings (SSSR count). The van der Waals surface area contributed by atoms with Crippen LogP contribution in [-0.2, 0) is 9.84 Å². The lowest BCUT2D eigenvalue weighted by Crippen LogP contribution is -2.19. The highest BCUT2D eigenvalue weighted by Gasteiger charge is 2.18. The maximum Gasteiger partial charge on any atom is 0.175 e. The van der Waals surface area contributed by atoms with Crippen LogP contribution in [0.5, 0.6) is 0 Å². The van der Waals surface area contributed by atoms with E-state index in [-0.39, 0.29) is 0 Å². The van der Waals surface area contributed by atoms with Gasteiger partial charge in [0.25, 0.3) is 0 Å². The zero-order valence-electron chi connectivity index (χ0n) is 10.9. The van der Waals surface area contributed by atoms with Gasteiger partial charge in [-0.05, 0) is 50.2 Å². The molecule has 0 radical (unpaired) electrons. The Balaban J connectivity index is 1.91. The molecule has 1 aromatic rings. The highest BCUT2D eigenvalue weighted by atomic mass is 32.2. The largest absolute Gasteiger partial charge is 0.385 e. The SMILES string of the molecule is CN1CCC(CNc2ccc(S(C)(=O)=O)cc2)C1. The van der Waals surface area contributed by atoms with Crippen LogP contribution in [0, 0.1) is 5.92 Å². The van der Waals surface area contributed by atoms with Gasteiger partial charge in [-0.1, -0.05) is 0 Å². The van der Waals surface area contributed by atoms with Crippen LogP contribution in [0.3, 0.4) is 0 Å². The average molecular weight is 268 g/mol. The molecular weight excluding hydrogens is 248 g/mol. The van der Waals surface area contributed by atoms with E-state index < -0.39 is 9.84 Å². The first-order valence-electron chi connectivity index (χ1n) is 6.18. The summed E-state index contributed by atoms with van der Waals surface area (Å²) in [4.78, 5) is 2.70. The second-order valence-corrected chi connectivity index (χ2v) is 7.11. The number of hydrogen-bond donors (Lipinski definition) is 1. The highest BCUT2D eigenvalue weighted by Crippen LogP contribution is 2.17. The third-order valence-electron chi connectivity index (χ3n) is 3.37. The van der Waals surface area contributed by atoms with Gasteiger partial charge in [0, 0.05) is 25.0 Å². The minimum absolute atomic E-state index is 0.369. The first-order valence-corrected chi connectivity index (χ1v) is 8.07. The summed E-state index contributed by atoms with van der Waals surface area (Å²) in [7, 11) is -0.952. The minimum Gasteiger partial charge on any atom is -0.385 e. The van der Waals surface area contributed by atoms with Gasteiger partial charge in [-0.3, -0.25) is 0 Å². The molecule has 1 aromatic carbocycles. The quantitative estimate of drug-likeness (QED) is 0.898. The second-order valence-electron chi connectivity index (χ2n) is 5.09. The number of rotatable bonds is 4. The summed E-state index contributed by atoms with van der Waals surface area (Å²) >= 11 is 0. The third kappa shape index (κ3) is 3.46. The molecule has 100 valence electrons.